The van der Waals surface area contributed by atoms with Crippen LogP contribution in [0.5, 0.6) is 0 Å². The van der Waals surface area contributed by atoms with E-state index in [-0.39, 0.29) is 30.2 Å². The van der Waals surface area contributed by atoms with Gasteiger partial charge < -0.3 is 14.9 Å². The van der Waals surface area contributed by atoms with Crippen LogP contribution in [0, 0.1) is 11.8 Å². The van der Waals surface area contributed by atoms with Crippen LogP contribution in [0.3, 0.4) is 0 Å². The van der Waals surface area contributed by atoms with Gasteiger partial charge in [0.25, 0.3) is 0 Å². The summed E-state index contributed by atoms with van der Waals surface area (Å²) in [6.45, 7) is 4.99. The molecule has 1 atom stereocenters. The summed E-state index contributed by atoms with van der Waals surface area (Å²) in [4.78, 5) is 38.5. The molecule has 22 heavy (non-hydrogen) atoms. The Balaban J connectivity index is 2.41. The lowest BCUT2D eigenvalue weighted by Gasteiger charge is -2.31. The molecular weight excluding hydrogens is 284 g/mol. The Morgan fingerprint density at radius 1 is 1.27 bits per heavy atom. The number of nitrogens with zero attached hydrogens (tertiary/aromatic N) is 2. The number of unbranched alkanes of at least 4 members (excludes halogenated alkanes) is 1. The molecule has 0 saturated carbocycles. The van der Waals surface area contributed by atoms with E-state index in [1.54, 1.807) is 11.9 Å². The van der Waals surface area contributed by atoms with E-state index in [0.29, 0.717) is 25.9 Å². The quantitative estimate of drug-likeness (QED) is 0.774. The molecule has 2 amide bonds. The highest BCUT2D eigenvalue weighted by Crippen LogP contribution is 2.18. The molecule has 1 rings (SSSR count). The van der Waals surface area contributed by atoms with Gasteiger partial charge in [0.15, 0.2) is 0 Å². The fourth-order valence-electron chi connectivity index (χ4n) is 2.77. The largest absolute Gasteiger partial charge is 0.481 e. The molecule has 0 radical (unpaired) electrons. The monoisotopic (exact) mass is 312 g/mol. The van der Waals surface area contributed by atoms with Crippen LogP contribution in [0.2, 0.25) is 0 Å². The van der Waals surface area contributed by atoms with Crippen molar-refractivity contribution >= 4 is 17.8 Å². The number of hydrogen-bond acceptors (Lipinski definition) is 3. The summed E-state index contributed by atoms with van der Waals surface area (Å²) in [5.74, 6) is -1.29. The second kappa shape index (κ2) is 8.76. The average Bonchev–Trinajstić information content (AvgIpc) is 2.51. The SMILES string of the molecule is CCCCC(C)C(=O)N(C)CC(=O)N1CCC(C(=O)O)CC1. The van der Waals surface area contributed by atoms with Gasteiger partial charge in [0, 0.05) is 26.1 Å². The van der Waals surface area contributed by atoms with E-state index in [4.69, 9.17) is 5.11 Å². The van der Waals surface area contributed by atoms with E-state index in [1.165, 1.54) is 4.90 Å². The minimum atomic E-state index is -0.788. The fraction of sp³-hybridized carbons (Fsp3) is 0.812. The van der Waals surface area contributed by atoms with E-state index in [0.717, 1.165) is 19.3 Å². The molecule has 1 N–H and O–H groups in total. The summed E-state index contributed by atoms with van der Waals surface area (Å²) in [6, 6.07) is 0. The fourth-order valence-corrected chi connectivity index (χ4v) is 2.77. The first-order chi connectivity index (χ1) is 10.4. The van der Waals surface area contributed by atoms with Crippen molar-refractivity contribution in [3.05, 3.63) is 0 Å². The number of carbonyl (C=O) groups is 3. The number of amides is 2. The summed E-state index contributed by atoms with van der Waals surface area (Å²) < 4.78 is 0. The van der Waals surface area contributed by atoms with Crippen LogP contribution in [0.4, 0.5) is 0 Å². The lowest BCUT2D eigenvalue weighted by Crippen LogP contribution is -2.46. The first-order valence-corrected chi connectivity index (χ1v) is 8.12. The molecule has 0 spiro atoms. The number of hydrogen-bond donors (Lipinski definition) is 1. The van der Waals surface area contributed by atoms with Gasteiger partial charge in [-0.1, -0.05) is 26.7 Å². The van der Waals surface area contributed by atoms with E-state index < -0.39 is 5.97 Å². The van der Waals surface area contributed by atoms with Crippen molar-refractivity contribution in [2.24, 2.45) is 11.8 Å². The van der Waals surface area contributed by atoms with Crippen molar-refractivity contribution in [2.45, 2.75) is 46.0 Å². The van der Waals surface area contributed by atoms with Crippen LogP contribution >= 0.6 is 0 Å². The number of likely N-dealkylation sites (N-methyl/N-ethyl adjacent to an activating group) is 1. The number of aliphatic carboxylic acids is 1. The molecule has 1 aliphatic rings. The standard InChI is InChI=1S/C16H28N2O4/c1-4-5-6-12(2)15(20)17(3)11-14(19)18-9-7-13(8-10-18)16(21)22/h12-13H,4-11H2,1-3H3,(H,21,22). The van der Waals surface area contributed by atoms with Crippen molar-refractivity contribution in [1.29, 1.82) is 0 Å². The smallest absolute Gasteiger partial charge is 0.306 e. The molecule has 126 valence electrons. The third-order valence-electron chi connectivity index (χ3n) is 4.36. The molecule has 6 heteroatoms. The summed E-state index contributed by atoms with van der Waals surface area (Å²) in [5, 5.41) is 8.96. The van der Waals surface area contributed by atoms with E-state index >= 15 is 0 Å². The van der Waals surface area contributed by atoms with Gasteiger partial charge in [0.2, 0.25) is 11.8 Å². The predicted molar refractivity (Wildman–Crippen MR) is 83.3 cm³/mol. The maximum atomic E-state index is 12.2. The number of carboxylic acids is 1. The van der Waals surface area contributed by atoms with Gasteiger partial charge in [-0.05, 0) is 19.3 Å². The third-order valence-corrected chi connectivity index (χ3v) is 4.36. The Kier molecular flexibility index (Phi) is 7.35. The van der Waals surface area contributed by atoms with E-state index in [1.807, 2.05) is 6.92 Å². The van der Waals surface area contributed by atoms with Gasteiger partial charge in [0.1, 0.15) is 0 Å². The molecule has 0 aromatic carbocycles. The zero-order valence-electron chi connectivity index (χ0n) is 13.9. The molecule has 0 bridgehead atoms. The highest BCUT2D eigenvalue weighted by molar-refractivity contribution is 5.85. The maximum Gasteiger partial charge on any atom is 0.306 e. The summed E-state index contributed by atoms with van der Waals surface area (Å²) in [6.07, 6.45) is 3.89. The molecule has 1 saturated heterocycles. The van der Waals surface area contributed by atoms with Crippen molar-refractivity contribution < 1.29 is 19.5 Å². The summed E-state index contributed by atoms with van der Waals surface area (Å²) in [5.41, 5.74) is 0. The minimum absolute atomic E-state index is 0.00206. The van der Waals surface area contributed by atoms with Gasteiger partial charge in [-0.15, -0.1) is 0 Å². The van der Waals surface area contributed by atoms with E-state index in [2.05, 4.69) is 6.92 Å². The highest BCUT2D eigenvalue weighted by Gasteiger charge is 2.28. The normalized spacial score (nSPS) is 17.1. The summed E-state index contributed by atoms with van der Waals surface area (Å²) in [7, 11) is 1.66. The van der Waals surface area contributed by atoms with Gasteiger partial charge in [-0.3, -0.25) is 14.4 Å². The third kappa shape index (κ3) is 5.31. The minimum Gasteiger partial charge on any atom is -0.481 e. The second-order valence-electron chi connectivity index (χ2n) is 6.23. The zero-order chi connectivity index (χ0) is 16.7. The van der Waals surface area contributed by atoms with E-state index in [9.17, 15) is 14.4 Å². The lowest BCUT2D eigenvalue weighted by atomic mass is 9.97. The van der Waals surface area contributed by atoms with Crippen molar-refractivity contribution in [2.75, 3.05) is 26.7 Å². The number of likely N-dealkylation sites (tertiary alicyclic amines) is 1. The molecule has 1 unspecified atom stereocenters. The number of piperidine rings is 1. The molecule has 0 aromatic heterocycles. The predicted octanol–water partition coefficient (Wildman–Crippen LogP) is 1.59. The molecule has 0 aliphatic carbocycles. The Morgan fingerprint density at radius 3 is 2.36 bits per heavy atom. The van der Waals surface area contributed by atoms with Crippen LogP contribution in [-0.2, 0) is 14.4 Å². The van der Waals surface area contributed by atoms with Crippen molar-refractivity contribution in [1.82, 2.24) is 9.80 Å². The first kappa shape index (κ1) is 18.5. The van der Waals surface area contributed by atoms with Gasteiger partial charge in [-0.25, -0.2) is 0 Å². The van der Waals surface area contributed by atoms with Crippen LogP contribution in [-0.4, -0.2) is 59.4 Å². The highest BCUT2D eigenvalue weighted by atomic mass is 16.4. The Labute approximate surface area is 132 Å². The molecule has 1 aliphatic heterocycles. The average molecular weight is 312 g/mol. The molecule has 0 aromatic rings. The second-order valence-corrected chi connectivity index (χ2v) is 6.23. The first-order valence-electron chi connectivity index (χ1n) is 8.12. The van der Waals surface area contributed by atoms with Crippen molar-refractivity contribution in [3.63, 3.8) is 0 Å². The Hall–Kier alpha value is -1.59. The van der Waals surface area contributed by atoms with Gasteiger partial charge in [0.05, 0.1) is 12.5 Å². The molecule has 1 fully saturated rings. The van der Waals surface area contributed by atoms with Gasteiger partial charge >= 0.3 is 5.97 Å². The van der Waals surface area contributed by atoms with Crippen LogP contribution < -0.4 is 0 Å². The lowest BCUT2D eigenvalue weighted by molar-refractivity contribution is -0.146. The Morgan fingerprint density at radius 2 is 1.86 bits per heavy atom. The zero-order valence-corrected chi connectivity index (χ0v) is 13.9. The van der Waals surface area contributed by atoms with Crippen molar-refractivity contribution in [3.8, 4) is 0 Å². The molecule has 1 heterocycles. The Bertz CT molecular complexity index is 403. The summed E-state index contributed by atoms with van der Waals surface area (Å²) >= 11 is 0. The number of carboxylic acid groups (broad SMARTS) is 1. The maximum absolute atomic E-state index is 12.2. The topological polar surface area (TPSA) is 77.9 Å². The molecular formula is C16H28N2O4. The van der Waals surface area contributed by atoms with Gasteiger partial charge in [-0.2, -0.15) is 0 Å². The number of rotatable bonds is 7. The van der Waals surface area contributed by atoms with Crippen LogP contribution in [0.15, 0.2) is 0 Å². The molecule has 6 nitrogen and oxygen atoms in total. The van der Waals surface area contributed by atoms with Crippen LogP contribution in [0.1, 0.15) is 46.0 Å². The van der Waals surface area contributed by atoms with Crippen LogP contribution in [0.25, 0.3) is 0 Å². The number of carbonyl (C=O) groups excluding carboxylic acids is 2.